The molecule has 0 aromatic heterocycles. The molecule has 1 fully saturated rings. The van der Waals surface area contributed by atoms with Gasteiger partial charge in [-0.15, -0.1) is 0 Å². The van der Waals surface area contributed by atoms with Crippen molar-refractivity contribution < 1.29 is 9.90 Å². The molecule has 0 aromatic rings. The molecule has 4 nitrogen and oxygen atoms in total. The van der Waals surface area contributed by atoms with E-state index in [0.29, 0.717) is 12.5 Å². The normalized spacial score (nSPS) is 27.2. The first kappa shape index (κ1) is 16.4. The van der Waals surface area contributed by atoms with Crippen LogP contribution in [-0.4, -0.2) is 48.2 Å². The van der Waals surface area contributed by atoms with Gasteiger partial charge in [-0.1, -0.05) is 6.92 Å². The van der Waals surface area contributed by atoms with E-state index in [1.165, 1.54) is 25.7 Å². The standard InChI is InChI=1S/C15H30N2O2/c1-12-6-8-13(9-7-12)17(4)11-5-10-15(2,16-3)14(18)19/h12-13,16H,5-11H2,1-4H3,(H,18,19). The summed E-state index contributed by atoms with van der Waals surface area (Å²) in [5.41, 5.74) is -0.790. The fraction of sp³-hybridized carbons (Fsp3) is 0.933. The average Bonchev–Trinajstić information content (AvgIpc) is 2.38. The SMILES string of the molecule is CNC(C)(CCCN(C)C1CCC(C)CC1)C(=O)O. The quantitative estimate of drug-likeness (QED) is 0.745. The van der Waals surface area contributed by atoms with Crippen molar-refractivity contribution in [2.45, 2.75) is 64.0 Å². The lowest BCUT2D eigenvalue weighted by atomic mass is 9.86. The lowest BCUT2D eigenvalue weighted by Gasteiger charge is -2.34. The zero-order chi connectivity index (χ0) is 14.5. The van der Waals surface area contributed by atoms with E-state index in [9.17, 15) is 9.90 Å². The minimum Gasteiger partial charge on any atom is -0.480 e. The highest BCUT2D eigenvalue weighted by Gasteiger charge is 2.30. The van der Waals surface area contributed by atoms with Gasteiger partial charge in [-0.2, -0.15) is 0 Å². The molecule has 0 saturated heterocycles. The summed E-state index contributed by atoms with van der Waals surface area (Å²) >= 11 is 0. The third-order valence-electron chi connectivity index (χ3n) is 4.82. The van der Waals surface area contributed by atoms with Gasteiger partial charge in [0, 0.05) is 6.04 Å². The molecule has 4 heteroatoms. The topological polar surface area (TPSA) is 52.6 Å². The fourth-order valence-corrected chi connectivity index (χ4v) is 2.89. The summed E-state index contributed by atoms with van der Waals surface area (Å²) in [7, 11) is 3.90. The molecule has 0 spiro atoms. The Morgan fingerprint density at radius 3 is 2.42 bits per heavy atom. The van der Waals surface area contributed by atoms with Gasteiger partial charge < -0.3 is 15.3 Å². The minimum absolute atomic E-state index is 0.673. The van der Waals surface area contributed by atoms with E-state index >= 15 is 0 Å². The molecule has 0 aliphatic heterocycles. The van der Waals surface area contributed by atoms with Crippen molar-refractivity contribution in [1.82, 2.24) is 10.2 Å². The van der Waals surface area contributed by atoms with Crippen LogP contribution < -0.4 is 5.32 Å². The Hall–Kier alpha value is -0.610. The van der Waals surface area contributed by atoms with Crippen LogP contribution in [0.4, 0.5) is 0 Å². The minimum atomic E-state index is -0.790. The number of aliphatic carboxylic acids is 1. The molecule has 1 saturated carbocycles. The highest BCUT2D eigenvalue weighted by atomic mass is 16.4. The van der Waals surface area contributed by atoms with Crippen molar-refractivity contribution in [2.24, 2.45) is 5.92 Å². The van der Waals surface area contributed by atoms with Crippen LogP contribution in [0.25, 0.3) is 0 Å². The van der Waals surface area contributed by atoms with E-state index in [0.717, 1.165) is 18.9 Å². The molecule has 0 bridgehead atoms. The third kappa shape index (κ3) is 4.77. The highest BCUT2D eigenvalue weighted by molar-refractivity contribution is 5.78. The molecule has 0 aromatic carbocycles. The molecule has 1 aliphatic carbocycles. The van der Waals surface area contributed by atoms with Gasteiger partial charge in [0.25, 0.3) is 0 Å². The predicted molar refractivity (Wildman–Crippen MR) is 78.4 cm³/mol. The molecule has 0 radical (unpaired) electrons. The van der Waals surface area contributed by atoms with E-state index in [2.05, 4.69) is 24.2 Å². The summed E-state index contributed by atoms with van der Waals surface area (Å²) in [6.07, 6.45) is 6.84. The molecule has 112 valence electrons. The van der Waals surface area contributed by atoms with E-state index in [-0.39, 0.29) is 0 Å². The second kappa shape index (κ2) is 7.25. The number of nitrogens with zero attached hydrogens (tertiary/aromatic N) is 1. The molecule has 1 rings (SSSR count). The van der Waals surface area contributed by atoms with Crippen LogP contribution in [0.3, 0.4) is 0 Å². The third-order valence-corrected chi connectivity index (χ3v) is 4.82. The first-order valence-corrected chi connectivity index (χ1v) is 7.51. The molecule has 1 atom stereocenters. The second-order valence-corrected chi connectivity index (χ2v) is 6.39. The molecule has 2 N–H and O–H groups in total. The largest absolute Gasteiger partial charge is 0.480 e. The smallest absolute Gasteiger partial charge is 0.323 e. The van der Waals surface area contributed by atoms with Crippen LogP contribution in [0, 0.1) is 5.92 Å². The van der Waals surface area contributed by atoms with Gasteiger partial charge in [0.05, 0.1) is 0 Å². The Balaban J connectivity index is 2.30. The van der Waals surface area contributed by atoms with Gasteiger partial charge in [-0.05, 0) is 72.0 Å². The Labute approximate surface area is 117 Å². The van der Waals surface area contributed by atoms with Gasteiger partial charge in [0.15, 0.2) is 0 Å². The van der Waals surface area contributed by atoms with E-state index in [1.807, 2.05) is 0 Å². The molecule has 0 heterocycles. The number of carboxylic acid groups (broad SMARTS) is 1. The van der Waals surface area contributed by atoms with Gasteiger partial charge in [-0.3, -0.25) is 4.79 Å². The highest BCUT2D eigenvalue weighted by Crippen LogP contribution is 2.26. The summed E-state index contributed by atoms with van der Waals surface area (Å²) in [4.78, 5) is 13.6. The maximum atomic E-state index is 11.2. The lowest BCUT2D eigenvalue weighted by Crippen LogP contribution is -2.48. The summed E-state index contributed by atoms with van der Waals surface area (Å²) < 4.78 is 0. The summed E-state index contributed by atoms with van der Waals surface area (Å²) in [6, 6.07) is 0.696. The fourth-order valence-electron chi connectivity index (χ4n) is 2.89. The van der Waals surface area contributed by atoms with E-state index in [1.54, 1.807) is 14.0 Å². The van der Waals surface area contributed by atoms with Crippen molar-refractivity contribution >= 4 is 5.97 Å². The lowest BCUT2D eigenvalue weighted by molar-refractivity contribution is -0.144. The zero-order valence-corrected chi connectivity index (χ0v) is 12.9. The van der Waals surface area contributed by atoms with Crippen molar-refractivity contribution in [2.75, 3.05) is 20.6 Å². The predicted octanol–water partition coefficient (Wildman–Crippen LogP) is 2.34. The summed E-state index contributed by atoms with van der Waals surface area (Å²) in [5, 5.41) is 12.1. The Kier molecular flexibility index (Phi) is 6.27. The Morgan fingerprint density at radius 2 is 1.95 bits per heavy atom. The van der Waals surface area contributed by atoms with Gasteiger partial charge in [0.2, 0.25) is 0 Å². The van der Waals surface area contributed by atoms with Crippen molar-refractivity contribution in [1.29, 1.82) is 0 Å². The monoisotopic (exact) mass is 270 g/mol. The molecule has 1 unspecified atom stereocenters. The number of carboxylic acids is 1. The molecular weight excluding hydrogens is 240 g/mol. The van der Waals surface area contributed by atoms with Crippen LogP contribution >= 0.6 is 0 Å². The second-order valence-electron chi connectivity index (χ2n) is 6.39. The van der Waals surface area contributed by atoms with Crippen LogP contribution in [-0.2, 0) is 4.79 Å². The first-order valence-electron chi connectivity index (χ1n) is 7.51. The van der Waals surface area contributed by atoms with Crippen molar-refractivity contribution in [3.05, 3.63) is 0 Å². The number of hydrogen-bond acceptors (Lipinski definition) is 3. The van der Waals surface area contributed by atoms with Crippen LogP contribution in [0.5, 0.6) is 0 Å². The maximum absolute atomic E-state index is 11.2. The summed E-state index contributed by atoms with van der Waals surface area (Å²) in [6.45, 7) is 5.09. The zero-order valence-electron chi connectivity index (χ0n) is 12.9. The summed E-state index contributed by atoms with van der Waals surface area (Å²) in [5.74, 6) is 0.119. The van der Waals surface area contributed by atoms with Gasteiger partial charge in [0.1, 0.15) is 5.54 Å². The molecular formula is C15H30N2O2. The van der Waals surface area contributed by atoms with Crippen LogP contribution in [0.15, 0.2) is 0 Å². The van der Waals surface area contributed by atoms with E-state index in [4.69, 9.17) is 0 Å². The van der Waals surface area contributed by atoms with Crippen LogP contribution in [0.1, 0.15) is 52.4 Å². The average molecular weight is 270 g/mol. The Morgan fingerprint density at radius 1 is 1.37 bits per heavy atom. The molecule has 0 amide bonds. The first-order chi connectivity index (χ1) is 8.89. The van der Waals surface area contributed by atoms with Crippen LogP contribution in [0.2, 0.25) is 0 Å². The molecule has 19 heavy (non-hydrogen) atoms. The number of hydrogen-bond donors (Lipinski definition) is 2. The van der Waals surface area contributed by atoms with Crippen molar-refractivity contribution in [3.63, 3.8) is 0 Å². The maximum Gasteiger partial charge on any atom is 0.323 e. The number of likely N-dealkylation sites (N-methyl/N-ethyl adjacent to an activating group) is 1. The van der Waals surface area contributed by atoms with Crippen molar-refractivity contribution in [3.8, 4) is 0 Å². The van der Waals surface area contributed by atoms with Gasteiger partial charge >= 0.3 is 5.97 Å². The number of nitrogens with one attached hydrogen (secondary N) is 1. The van der Waals surface area contributed by atoms with E-state index < -0.39 is 11.5 Å². The number of carbonyl (C=O) groups is 1. The van der Waals surface area contributed by atoms with Gasteiger partial charge in [-0.25, -0.2) is 0 Å². The molecule has 1 aliphatic rings. The number of rotatable bonds is 7. The Bertz CT molecular complexity index is 288.